The zero-order chi connectivity index (χ0) is 67.2. The molecule has 0 saturated carbocycles. The van der Waals surface area contributed by atoms with Gasteiger partial charge in [-0.25, -0.2) is 4.79 Å². The lowest BCUT2D eigenvalue weighted by Gasteiger charge is -2.50. The van der Waals surface area contributed by atoms with Crippen LogP contribution >= 0.6 is 0 Å². The van der Waals surface area contributed by atoms with Crippen LogP contribution in [0.5, 0.6) is 0 Å². The van der Waals surface area contributed by atoms with Crippen molar-refractivity contribution in [3.05, 3.63) is 30.6 Å². The molecule has 93 heavy (non-hydrogen) atoms. The van der Waals surface area contributed by atoms with Gasteiger partial charge in [-0.2, -0.15) is 0 Å². The summed E-state index contributed by atoms with van der Waals surface area (Å²) in [5, 5.41) is 227. The fraction of sp³-hybridized carbons (Fsp3) is 0.811. The molecule has 7 fully saturated rings. The van der Waals surface area contributed by atoms with Gasteiger partial charge in [0.25, 0.3) is 0 Å². The Kier molecular flexibility index (Phi) is 23.4. The fourth-order valence-corrected chi connectivity index (χ4v) is 12.4. The standard InChI is InChI=1S/C53H81N5O35/c1-13(54)56-14-4-15-6-16(5-14)58-53(79)55-7-18-40-26(66)33(73)47(81-18)90-42-20(9-60)85-51(37(77)30(42)70)91-43-21(10-61)82-48(34(74)27(43)67)87-39-17(2-3-24(64)57-15)80-46(32(72)25(39)65)89-41-19(8-59)84-50(36(76)29(41)69)93-45-23(12-63)86-52(38(78)31(45)71)92-44-22(11-62)83-49(88-40)35(75)28(44)68/h4-6,17-23,25-52,56,59-63,65-78H,1-3,7-12,54H2,(H,57,64)(H2,55,58,79). The summed E-state index contributed by atoms with van der Waals surface area (Å²) in [5.74, 6) is -0.962. The molecule has 25 N–H and O–H groups in total. The Bertz CT molecular complexity index is 2660. The molecule has 35 unspecified atom stereocenters. The van der Waals surface area contributed by atoms with Crippen LogP contribution < -0.4 is 27.0 Å². The van der Waals surface area contributed by atoms with Crippen LogP contribution in [0.2, 0.25) is 0 Å². The van der Waals surface area contributed by atoms with Gasteiger partial charge in [0, 0.05) is 30.0 Å². The molecule has 40 heteroatoms. The Hall–Kier alpha value is -4.02. The van der Waals surface area contributed by atoms with Gasteiger partial charge in [-0.3, -0.25) is 4.79 Å². The number of nitrogens with one attached hydrogen (secondary N) is 4. The molecule has 14 aliphatic heterocycles. The van der Waals surface area contributed by atoms with Crippen LogP contribution in [0.3, 0.4) is 0 Å². The zero-order valence-electron chi connectivity index (χ0n) is 48.9. The summed E-state index contributed by atoms with van der Waals surface area (Å²) in [6, 6.07) is 2.84. The number of carbonyl (C=O) groups is 2. The highest BCUT2D eigenvalue weighted by Gasteiger charge is 2.60. The molecule has 0 aliphatic carbocycles. The molecule has 14 heterocycles. The van der Waals surface area contributed by atoms with Gasteiger partial charge in [0.2, 0.25) is 5.91 Å². The minimum Gasteiger partial charge on any atom is -0.394 e. The summed E-state index contributed by atoms with van der Waals surface area (Å²) in [7, 11) is 0. The van der Waals surface area contributed by atoms with E-state index >= 15 is 0 Å². The number of anilines is 3. The third kappa shape index (κ3) is 15.0. The number of hydrogen-bond donors (Lipinski definition) is 24. The van der Waals surface area contributed by atoms with E-state index in [-0.39, 0.29) is 22.9 Å². The number of amides is 3. The predicted octanol–water partition coefficient (Wildman–Crippen LogP) is -12.8. The molecule has 0 aromatic heterocycles. The maximum absolute atomic E-state index is 14.1. The number of urea groups is 1. The van der Waals surface area contributed by atoms with E-state index in [0.717, 1.165) is 0 Å². The minimum atomic E-state index is -2.31. The van der Waals surface area contributed by atoms with E-state index in [2.05, 4.69) is 27.8 Å². The first-order valence-electron chi connectivity index (χ1n) is 29.7. The Morgan fingerprint density at radius 2 is 0.677 bits per heavy atom. The third-order valence-corrected chi connectivity index (χ3v) is 17.3. The SMILES string of the molecule is C=C(N)Nc1cc2cc(c1)NC(=O)NCC1OC3OC4C(CO)OC(OC5C(CO)OC(OC6C(CCC(=O)N2)OC(OC2C(CO)OC(OC7C(CO)OC(OC8C(CO)OC(OC1C(O)C3O)C(O)C8O)C(O)C7O)C(O)C2O)C(O)C6O)C(O)C5O)C(O)C4O. The first-order valence-corrected chi connectivity index (χ1v) is 29.7. The van der Waals surface area contributed by atoms with E-state index in [4.69, 9.17) is 72.0 Å². The second kappa shape index (κ2) is 30.4. The molecule has 35 atom stereocenters. The van der Waals surface area contributed by atoms with Gasteiger partial charge in [-0.1, -0.05) is 6.58 Å². The molecule has 7 saturated heterocycles. The zero-order valence-corrected chi connectivity index (χ0v) is 48.9. The average molecular weight is 1350 g/mol. The van der Waals surface area contributed by atoms with Gasteiger partial charge in [0.15, 0.2) is 44.0 Å². The van der Waals surface area contributed by atoms with E-state index in [1.807, 2.05) is 0 Å². The maximum atomic E-state index is 14.1. The highest BCUT2D eigenvalue weighted by Crippen LogP contribution is 2.40. The number of hydrogen-bond acceptors (Lipinski definition) is 37. The van der Waals surface area contributed by atoms with Crippen molar-refractivity contribution in [1.82, 2.24) is 5.32 Å². The topological polar surface area (TPSA) is 622 Å². The maximum Gasteiger partial charge on any atom is 0.319 e. The van der Waals surface area contributed by atoms with Crippen molar-refractivity contribution in [2.24, 2.45) is 5.73 Å². The first-order chi connectivity index (χ1) is 44.3. The van der Waals surface area contributed by atoms with Crippen molar-refractivity contribution in [3.63, 3.8) is 0 Å². The molecule has 0 spiro atoms. The quantitative estimate of drug-likeness (QED) is 0.121. The molecule has 1 aromatic carbocycles. The Labute approximate surface area is 525 Å². The number of carbonyl (C=O) groups excluding carboxylic acids is 2. The second-order valence-corrected chi connectivity index (χ2v) is 23.7. The smallest absolute Gasteiger partial charge is 0.319 e. The molecular formula is C53H81N5O35. The molecule has 14 aliphatic rings. The van der Waals surface area contributed by atoms with Gasteiger partial charge in [-0.15, -0.1) is 0 Å². The Morgan fingerprint density at radius 1 is 0.398 bits per heavy atom. The highest BCUT2D eigenvalue weighted by atomic mass is 16.8. The van der Waals surface area contributed by atoms with Gasteiger partial charge < -0.3 is 190 Å². The first kappa shape index (κ1) is 71.7. The summed E-state index contributed by atoms with van der Waals surface area (Å²) >= 11 is 0. The van der Waals surface area contributed by atoms with Crippen molar-refractivity contribution in [2.45, 2.75) is 228 Å². The van der Waals surface area contributed by atoms with E-state index in [1.165, 1.54) is 18.2 Å². The van der Waals surface area contributed by atoms with Crippen molar-refractivity contribution in [3.8, 4) is 0 Å². The van der Waals surface area contributed by atoms with Crippen molar-refractivity contribution in [1.29, 1.82) is 0 Å². The second-order valence-electron chi connectivity index (χ2n) is 23.7. The Balaban J connectivity index is 1.06. The molecule has 15 rings (SSSR count). The van der Waals surface area contributed by atoms with Crippen LogP contribution in [0, 0.1) is 0 Å². The van der Waals surface area contributed by atoms with Crippen molar-refractivity contribution in [2.75, 3.05) is 55.5 Å². The summed E-state index contributed by atoms with van der Waals surface area (Å²) in [5.41, 5.74) is 5.83. The number of ether oxygens (including phenoxy) is 14. The highest BCUT2D eigenvalue weighted by molar-refractivity contribution is 5.94. The molecule has 16 bridgehead atoms. The number of nitrogens with two attached hydrogens (primary N) is 1. The molecular weight excluding hydrogens is 1270 g/mol. The van der Waals surface area contributed by atoms with Gasteiger partial charge in [-0.05, 0) is 24.6 Å². The van der Waals surface area contributed by atoms with Crippen LogP contribution in [0.25, 0.3) is 0 Å². The Morgan fingerprint density at radius 3 is 1.00 bits per heavy atom. The minimum absolute atomic E-state index is 0.0478. The largest absolute Gasteiger partial charge is 0.394 e. The third-order valence-electron chi connectivity index (χ3n) is 17.3. The van der Waals surface area contributed by atoms with Crippen LogP contribution in [-0.4, -0.2) is 363 Å². The summed E-state index contributed by atoms with van der Waals surface area (Å²) in [6.07, 6.45) is -73.8. The van der Waals surface area contributed by atoms with Gasteiger partial charge in [0.1, 0.15) is 165 Å². The monoisotopic (exact) mass is 1350 g/mol. The van der Waals surface area contributed by atoms with E-state index < -0.39 is 279 Å². The lowest BCUT2D eigenvalue weighted by Crippen LogP contribution is -2.68. The molecule has 0 radical (unpaired) electrons. The molecule has 528 valence electrons. The van der Waals surface area contributed by atoms with Crippen molar-refractivity contribution < 1.29 is 173 Å². The normalized spacial score (nSPS) is 48.8. The summed E-state index contributed by atoms with van der Waals surface area (Å²) in [6.45, 7) is -2.62. The predicted molar refractivity (Wildman–Crippen MR) is 293 cm³/mol. The van der Waals surface area contributed by atoms with E-state index in [1.54, 1.807) is 0 Å². The molecule has 3 amide bonds. The van der Waals surface area contributed by atoms with Gasteiger partial charge >= 0.3 is 6.03 Å². The fourth-order valence-electron chi connectivity index (χ4n) is 12.4. The number of aliphatic hydroxyl groups excluding tert-OH is 19. The molecule has 40 nitrogen and oxygen atoms in total. The van der Waals surface area contributed by atoms with Crippen LogP contribution in [-0.2, 0) is 71.1 Å². The van der Waals surface area contributed by atoms with Crippen molar-refractivity contribution >= 4 is 29.0 Å². The number of aliphatic hydroxyl groups is 19. The van der Waals surface area contributed by atoms with E-state index in [0.29, 0.717) is 0 Å². The number of benzene rings is 1. The number of fused-ring (bicyclic) bond motifs is 5. The van der Waals surface area contributed by atoms with Crippen LogP contribution in [0.4, 0.5) is 21.9 Å². The average Bonchev–Trinajstić information content (AvgIpc) is 0.802. The van der Waals surface area contributed by atoms with Gasteiger partial charge in [0.05, 0.1) is 45.0 Å². The summed E-state index contributed by atoms with van der Waals surface area (Å²) in [4.78, 5) is 28.0. The van der Waals surface area contributed by atoms with Crippen LogP contribution in [0.1, 0.15) is 12.8 Å². The lowest BCUT2D eigenvalue weighted by atomic mass is 9.93. The summed E-state index contributed by atoms with van der Waals surface area (Å²) < 4.78 is 82.6. The van der Waals surface area contributed by atoms with E-state index in [9.17, 15) is 107 Å². The lowest BCUT2D eigenvalue weighted by molar-refractivity contribution is -0.396. The number of rotatable bonds is 7. The molecule has 1 aromatic rings. The van der Waals surface area contributed by atoms with Crippen LogP contribution in [0.15, 0.2) is 30.6 Å².